The minimum absolute atomic E-state index is 1.08. The van der Waals surface area contributed by atoms with Crippen LogP contribution in [0.4, 0.5) is 0 Å². The van der Waals surface area contributed by atoms with Gasteiger partial charge in [-0.1, -0.05) is 97.1 Å². The molecule has 0 saturated carbocycles. The molecule has 9 rings (SSSR count). The first-order valence-corrected chi connectivity index (χ1v) is 15.7. The largest absolute Gasteiger partial charge is 0.309 e. The molecule has 0 fully saturated rings. The third-order valence-electron chi connectivity index (χ3n) is 8.65. The number of para-hydroxylation sites is 2. The van der Waals surface area contributed by atoms with Crippen LogP contribution < -0.4 is 0 Å². The Bertz CT molecular complexity index is 2450. The molecule has 6 aromatic carbocycles. The summed E-state index contributed by atoms with van der Waals surface area (Å²) in [7, 11) is 0. The third-order valence-corrected chi connectivity index (χ3v) is 9.81. The molecule has 3 heterocycles. The fourth-order valence-electron chi connectivity index (χ4n) is 6.62. The van der Waals surface area contributed by atoms with Gasteiger partial charge in [-0.2, -0.15) is 0 Å². The number of aromatic nitrogens is 2. The standard InChI is InChI=1S/C41H26N2S/c1-2-11-27(12-3-1)36-25-31(26-37-35-19-10-22-42-41(35)44-40(36)37)29-14-8-13-28(23-29)30-15-9-16-32(24-30)43-38-20-6-4-17-33(38)34-18-5-7-21-39(34)43/h1-26H. The van der Waals surface area contributed by atoms with Crippen molar-refractivity contribution in [3.8, 4) is 39.1 Å². The number of thiophene rings is 1. The molecule has 2 nitrogen and oxygen atoms in total. The molecule has 0 N–H and O–H groups in total. The van der Waals surface area contributed by atoms with Crippen molar-refractivity contribution >= 4 is 53.4 Å². The van der Waals surface area contributed by atoms with Gasteiger partial charge in [-0.3, -0.25) is 0 Å². The summed E-state index contributed by atoms with van der Waals surface area (Å²) in [4.78, 5) is 5.77. The molecule has 9 aromatic rings. The van der Waals surface area contributed by atoms with Crippen molar-refractivity contribution < 1.29 is 0 Å². The number of rotatable bonds is 4. The Balaban J connectivity index is 1.20. The highest BCUT2D eigenvalue weighted by atomic mass is 32.1. The monoisotopic (exact) mass is 578 g/mol. The second-order valence-corrected chi connectivity index (χ2v) is 12.2. The van der Waals surface area contributed by atoms with E-state index in [0.717, 1.165) is 10.5 Å². The molecule has 0 saturated heterocycles. The van der Waals surface area contributed by atoms with Crippen LogP contribution in [0.2, 0.25) is 0 Å². The molecular formula is C41H26N2S. The summed E-state index contributed by atoms with van der Waals surface area (Å²) in [5.74, 6) is 0. The van der Waals surface area contributed by atoms with Gasteiger partial charge in [0, 0.05) is 43.7 Å². The van der Waals surface area contributed by atoms with Crippen LogP contribution in [0.15, 0.2) is 158 Å². The predicted molar refractivity (Wildman–Crippen MR) is 188 cm³/mol. The maximum absolute atomic E-state index is 4.69. The molecule has 3 heteroatoms. The van der Waals surface area contributed by atoms with Gasteiger partial charge in [-0.25, -0.2) is 4.98 Å². The summed E-state index contributed by atoms with van der Waals surface area (Å²) in [5, 5.41) is 5.02. The Morgan fingerprint density at radius 2 is 1.05 bits per heavy atom. The molecule has 0 amide bonds. The molecule has 0 radical (unpaired) electrons. The average molecular weight is 579 g/mol. The van der Waals surface area contributed by atoms with E-state index >= 15 is 0 Å². The maximum Gasteiger partial charge on any atom is 0.124 e. The van der Waals surface area contributed by atoms with Crippen LogP contribution in [0.5, 0.6) is 0 Å². The molecule has 0 aliphatic carbocycles. The van der Waals surface area contributed by atoms with Crippen molar-refractivity contribution in [1.29, 1.82) is 0 Å². The van der Waals surface area contributed by atoms with Gasteiger partial charge in [0.25, 0.3) is 0 Å². The molecule has 0 bridgehead atoms. The highest BCUT2D eigenvalue weighted by molar-refractivity contribution is 7.26. The average Bonchev–Trinajstić information content (AvgIpc) is 3.64. The van der Waals surface area contributed by atoms with Crippen LogP contribution in [-0.4, -0.2) is 9.55 Å². The van der Waals surface area contributed by atoms with Gasteiger partial charge in [0.15, 0.2) is 0 Å². The summed E-state index contributed by atoms with van der Waals surface area (Å²) in [5.41, 5.74) is 10.9. The zero-order valence-electron chi connectivity index (χ0n) is 23.8. The van der Waals surface area contributed by atoms with E-state index in [2.05, 4.69) is 150 Å². The number of benzene rings is 6. The lowest BCUT2D eigenvalue weighted by molar-refractivity contribution is 1.18. The number of hydrogen-bond donors (Lipinski definition) is 0. The lowest BCUT2D eigenvalue weighted by atomic mass is 9.94. The van der Waals surface area contributed by atoms with Crippen molar-refractivity contribution in [2.75, 3.05) is 0 Å². The van der Waals surface area contributed by atoms with Crippen LogP contribution in [0.3, 0.4) is 0 Å². The Kier molecular flexibility index (Phi) is 5.71. The maximum atomic E-state index is 4.69. The van der Waals surface area contributed by atoms with E-state index < -0.39 is 0 Å². The van der Waals surface area contributed by atoms with E-state index in [9.17, 15) is 0 Å². The lowest BCUT2D eigenvalue weighted by Gasteiger charge is -2.12. The molecule has 44 heavy (non-hydrogen) atoms. The summed E-state index contributed by atoms with van der Waals surface area (Å²) in [6, 6.07) is 54.8. The topological polar surface area (TPSA) is 17.8 Å². The first-order chi connectivity index (χ1) is 21.8. The van der Waals surface area contributed by atoms with Crippen LogP contribution >= 0.6 is 11.3 Å². The number of fused-ring (bicyclic) bond motifs is 6. The zero-order valence-corrected chi connectivity index (χ0v) is 24.6. The normalized spacial score (nSPS) is 11.6. The summed E-state index contributed by atoms with van der Waals surface area (Å²) < 4.78 is 3.66. The molecule has 0 unspecified atom stereocenters. The van der Waals surface area contributed by atoms with Crippen LogP contribution in [0, 0.1) is 0 Å². The zero-order chi connectivity index (χ0) is 29.0. The Morgan fingerprint density at radius 3 is 1.82 bits per heavy atom. The lowest BCUT2D eigenvalue weighted by Crippen LogP contribution is -1.94. The summed E-state index contributed by atoms with van der Waals surface area (Å²) in [6.07, 6.45) is 1.89. The van der Waals surface area contributed by atoms with E-state index in [1.165, 1.54) is 70.7 Å². The Labute approximate surface area is 259 Å². The van der Waals surface area contributed by atoms with Crippen molar-refractivity contribution in [2.45, 2.75) is 0 Å². The first-order valence-electron chi connectivity index (χ1n) is 14.9. The SMILES string of the molecule is c1ccc(-c2cc(-c3cccc(-c4cccc(-n5c6ccccc6c6ccccc65)c4)c3)cc3c2sc2ncccc23)cc1. The second kappa shape index (κ2) is 10.0. The van der Waals surface area contributed by atoms with Crippen molar-refractivity contribution in [2.24, 2.45) is 0 Å². The Hall–Kier alpha value is -5.51. The number of hydrogen-bond acceptors (Lipinski definition) is 2. The number of pyridine rings is 1. The smallest absolute Gasteiger partial charge is 0.124 e. The van der Waals surface area contributed by atoms with Gasteiger partial charge in [0.1, 0.15) is 4.83 Å². The summed E-state index contributed by atoms with van der Waals surface area (Å²) >= 11 is 1.78. The molecule has 206 valence electrons. The molecular weight excluding hydrogens is 553 g/mol. The quantitative estimate of drug-likeness (QED) is 0.203. The highest BCUT2D eigenvalue weighted by Crippen LogP contribution is 2.42. The van der Waals surface area contributed by atoms with E-state index in [0.29, 0.717) is 0 Å². The first kappa shape index (κ1) is 25.0. The van der Waals surface area contributed by atoms with Crippen LogP contribution in [0.1, 0.15) is 0 Å². The van der Waals surface area contributed by atoms with Gasteiger partial charge in [0.2, 0.25) is 0 Å². The summed E-state index contributed by atoms with van der Waals surface area (Å²) in [6.45, 7) is 0. The molecule has 3 aromatic heterocycles. The minimum atomic E-state index is 1.08. The number of nitrogens with zero attached hydrogens (tertiary/aromatic N) is 2. The van der Waals surface area contributed by atoms with E-state index in [1.54, 1.807) is 11.3 Å². The predicted octanol–water partition coefficient (Wildman–Crippen LogP) is 11.5. The van der Waals surface area contributed by atoms with Crippen molar-refractivity contribution in [3.63, 3.8) is 0 Å². The second-order valence-electron chi connectivity index (χ2n) is 11.2. The van der Waals surface area contributed by atoms with E-state index in [1.807, 2.05) is 12.3 Å². The molecule has 0 spiro atoms. The van der Waals surface area contributed by atoms with Gasteiger partial charge in [0.05, 0.1) is 11.0 Å². The van der Waals surface area contributed by atoms with E-state index in [-0.39, 0.29) is 0 Å². The van der Waals surface area contributed by atoms with Crippen molar-refractivity contribution in [1.82, 2.24) is 9.55 Å². The van der Waals surface area contributed by atoms with Gasteiger partial charge < -0.3 is 4.57 Å². The van der Waals surface area contributed by atoms with Gasteiger partial charge in [-0.05, 0) is 82.4 Å². The fourth-order valence-corrected chi connectivity index (χ4v) is 7.78. The molecule has 0 aliphatic rings. The van der Waals surface area contributed by atoms with Gasteiger partial charge >= 0.3 is 0 Å². The Morgan fingerprint density at radius 1 is 0.432 bits per heavy atom. The fraction of sp³-hybridized carbons (Fsp3) is 0. The van der Waals surface area contributed by atoms with Crippen LogP contribution in [0.25, 0.3) is 81.2 Å². The van der Waals surface area contributed by atoms with Crippen LogP contribution in [-0.2, 0) is 0 Å². The molecule has 0 atom stereocenters. The van der Waals surface area contributed by atoms with Crippen molar-refractivity contribution in [3.05, 3.63) is 158 Å². The van der Waals surface area contributed by atoms with E-state index in [4.69, 9.17) is 4.98 Å². The highest BCUT2D eigenvalue weighted by Gasteiger charge is 2.15. The minimum Gasteiger partial charge on any atom is -0.309 e. The van der Waals surface area contributed by atoms with Gasteiger partial charge in [-0.15, -0.1) is 11.3 Å². The molecule has 0 aliphatic heterocycles. The third kappa shape index (κ3) is 3.98.